The van der Waals surface area contributed by atoms with Crippen LogP contribution in [0.1, 0.15) is 50.1 Å². The summed E-state index contributed by atoms with van der Waals surface area (Å²) in [6, 6.07) is 17.9. The summed E-state index contributed by atoms with van der Waals surface area (Å²) in [7, 11) is -0.972. The van der Waals surface area contributed by atoms with Gasteiger partial charge in [0.1, 0.15) is 0 Å². The van der Waals surface area contributed by atoms with Crippen molar-refractivity contribution in [2.75, 3.05) is 0 Å². The molecule has 0 spiro atoms. The number of fused-ring (bicyclic) bond motifs is 1. The van der Waals surface area contributed by atoms with Gasteiger partial charge in [0.15, 0.2) is 0 Å². The maximum absolute atomic E-state index is 2.51. The van der Waals surface area contributed by atoms with Crippen LogP contribution in [0, 0.1) is 6.92 Å². The number of aryl methyl sites for hydroxylation is 1. The van der Waals surface area contributed by atoms with E-state index in [1.54, 1.807) is 45.9 Å². The number of thiophene rings is 1. The molecule has 0 saturated carbocycles. The summed E-state index contributed by atoms with van der Waals surface area (Å²) in [6.45, 7) is 11.7. The Morgan fingerprint density at radius 2 is 1.56 bits per heavy atom. The quantitative estimate of drug-likeness (QED) is 0.392. The fourth-order valence-corrected chi connectivity index (χ4v) is 12.7. The maximum Gasteiger partial charge on any atom is -1.00 e. The molecule has 5 heteroatoms. The molecule has 2 aliphatic heterocycles. The van der Waals surface area contributed by atoms with E-state index in [4.69, 9.17) is 0 Å². The van der Waals surface area contributed by atoms with Crippen molar-refractivity contribution in [1.82, 2.24) is 0 Å². The average molecular weight is 574 g/mol. The summed E-state index contributed by atoms with van der Waals surface area (Å²) in [5.74, 6) is 0. The monoisotopic (exact) mass is 571 g/mol. The van der Waals surface area contributed by atoms with Crippen LogP contribution in [0.5, 0.6) is 0 Å². The zero-order chi connectivity index (χ0) is 21.2. The molecule has 2 aliphatic carbocycles. The van der Waals surface area contributed by atoms with Crippen LogP contribution in [0.25, 0.3) is 22.4 Å². The van der Waals surface area contributed by atoms with Crippen LogP contribution in [0.2, 0.25) is 13.1 Å². The molecule has 2 aromatic carbocycles. The molecule has 163 valence electrons. The van der Waals surface area contributed by atoms with E-state index in [0.29, 0.717) is 3.63 Å². The van der Waals surface area contributed by atoms with Gasteiger partial charge < -0.3 is 24.8 Å². The molecule has 7 rings (SSSR count). The molecular weight excluding hydrogens is 547 g/mol. The van der Waals surface area contributed by atoms with E-state index in [1.807, 2.05) is 11.3 Å². The largest absolute Gasteiger partial charge is 1.00 e. The van der Waals surface area contributed by atoms with E-state index in [0.717, 1.165) is 5.54 Å². The standard InChI is InChI=1S/C17H15.C10H12SSi.2ClH.Zr/c1-12-6-8-14(9-7-12)16-5-3-4-15-10-13(2)11-17(15)16;1-6-9-7-4-5-11-8(7)10(6)12(9,2)3;;;/h3-11H,1-2H3;4-5,9H,1-3H3;2*1H;/q;;;;+2/p-2. The first kappa shape index (κ1) is 25.9. The van der Waals surface area contributed by atoms with Crippen molar-refractivity contribution in [3.63, 3.8) is 0 Å². The number of hydrogen-bond acceptors (Lipinski definition) is 1. The molecular formula is C27H27Cl2SSiZr. The molecule has 0 amide bonds. The Kier molecular flexibility index (Phi) is 7.70. The van der Waals surface area contributed by atoms with Crippen molar-refractivity contribution >= 4 is 30.7 Å². The maximum atomic E-state index is 2.51. The molecule has 4 aliphatic rings. The Labute approximate surface area is 224 Å². The summed E-state index contributed by atoms with van der Waals surface area (Å²) in [5, 5.41) is 4.02. The van der Waals surface area contributed by atoms with Gasteiger partial charge >= 0.3 is 124 Å². The molecule has 3 heterocycles. The summed E-state index contributed by atoms with van der Waals surface area (Å²) >= 11 is 3.53. The van der Waals surface area contributed by atoms with Crippen molar-refractivity contribution in [3.05, 3.63) is 92.2 Å². The van der Waals surface area contributed by atoms with E-state index in [9.17, 15) is 0 Å². The van der Waals surface area contributed by atoms with Gasteiger partial charge in [-0.3, -0.25) is 0 Å². The fourth-order valence-electron chi connectivity index (χ4n) is 5.64. The van der Waals surface area contributed by atoms with E-state index in [1.165, 1.54) is 33.4 Å². The Balaban J connectivity index is 0.000000181. The van der Waals surface area contributed by atoms with Crippen molar-refractivity contribution in [2.24, 2.45) is 0 Å². The van der Waals surface area contributed by atoms with E-state index in [2.05, 4.69) is 93.9 Å². The van der Waals surface area contributed by atoms with Gasteiger partial charge in [0.2, 0.25) is 0 Å². The molecule has 0 radical (unpaired) electrons. The number of hydrogen-bond donors (Lipinski definition) is 0. The first-order valence-electron chi connectivity index (χ1n) is 10.7. The van der Waals surface area contributed by atoms with Crippen molar-refractivity contribution in [2.45, 2.75) is 43.0 Å². The molecule has 0 saturated heterocycles. The summed E-state index contributed by atoms with van der Waals surface area (Å²) in [5.41, 5.74) is 12.7. The number of benzene rings is 2. The average Bonchev–Trinajstić information content (AvgIpc) is 3.40. The van der Waals surface area contributed by atoms with Crippen LogP contribution in [0.4, 0.5) is 0 Å². The number of rotatable bonds is 1. The summed E-state index contributed by atoms with van der Waals surface area (Å²) < 4.78 is 0.651. The van der Waals surface area contributed by atoms with Crippen LogP contribution < -0.4 is 24.8 Å². The smallest absolute Gasteiger partial charge is 1.00 e. The van der Waals surface area contributed by atoms with E-state index in [-0.39, 0.29) is 24.8 Å². The van der Waals surface area contributed by atoms with Crippen LogP contribution in [-0.4, -0.2) is 8.07 Å². The summed E-state index contributed by atoms with van der Waals surface area (Å²) in [6.07, 6.45) is 2.36. The number of halogens is 2. The Bertz CT molecular complexity index is 1220. The van der Waals surface area contributed by atoms with Gasteiger partial charge in [0, 0.05) is 10.4 Å². The number of allylic oxidation sites excluding steroid dienone is 2. The van der Waals surface area contributed by atoms with Crippen LogP contribution in [0.15, 0.2) is 65.1 Å². The second kappa shape index (κ2) is 9.51. The Morgan fingerprint density at radius 1 is 0.875 bits per heavy atom. The molecule has 0 nitrogen and oxygen atoms in total. The molecule has 2 unspecified atom stereocenters. The minimum Gasteiger partial charge on any atom is -1.00 e. The van der Waals surface area contributed by atoms with Gasteiger partial charge in [-0.15, -0.1) is 11.3 Å². The van der Waals surface area contributed by atoms with E-state index < -0.39 is 8.07 Å². The first-order valence-corrected chi connectivity index (χ1v) is 16.1. The van der Waals surface area contributed by atoms with Crippen molar-refractivity contribution < 1.29 is 49.5 Å². The third-order valence-corrected chi connectivity index (χ3v) is 14.2. The fraction of sp³-hybridized carbons (Fsp3) is 0.259. The van der Waals surface area contributed by atoms with Crippen molar-refractivity contribution in [3.8, 4) is 11.1 Å². The normalized spacial score (nSPS) is 20.7. The molecule has 32 heavy (non-hydrogen) atoms. The first-order chi connectivity index (χ1) is 14.3. The molecule has 0 fully saturated rings. The molecule has 2 atom stereocenters. The second-order valence-electron chi connectivity index (χ2n) is 9.41. The van der Waals surface area contributed by atoms with E-state index >= 15 is 0 Å². The minimum absolute atomic E-state index is 0. The van der Waals surface area contributed by atoms with Gasteiger partial charge in [-0.25, -0.2) is 0 Å². The van der Waals surface area contributed by atoms with Crippen LogP contribution >= 0.6 is 11.3 Å². The Hall–Kier alpha value is -0.700. The predicted molar refractivity (Wildman–Crippen MR) is 130 cm³/mol. The minimum atomic E-state index is -0.972. The Morgan fingerprint density at radius 3 is 2.19 bits per heavy atom. The summed E-state index contributed by atoms with van der Waals surface area (Å²) in [4.78, 5) is 1.63. The van der Waals surface area contributed by atoms with Crippen molar-refractivity contribution in [1.29, 1.82) is 0 Å². The third-order valence-electron chi connectivity index (χ3n) is 7.07. The SMILES string of the molecule is CC1=C2c3sccc3C1[Si]2(C)C.CC1=Cc2c(-c3ccc(C)cc3)cccc2[CH]1[Zr+2].[Cl-].[Cl-]. The van der Waals surface area contributed by atoms with Gasteiger partial charge in [-0.05, 0) is 29.1 Å². The molecule has 0 N–H and O–H groups in total. The van der Waals surface area contributed by atoms with Gasteiger partial charge in [0.05, 0.1) is 8.07 Å². The second-order valence-corrected chi connectivity index (χ2v) is 16.3. The van der Waals surface area contributed by atoms with Crippen LogP contribution in [-0.2, 0) is 24.7 Å². The third kappa shape index (κ3) is 3.93. The predicted octanol–water partition coefficient (Wildman–Crippen LogP) is 2.09. The molecule has 2 bridgehead atoms. The van der Waals surface area contributed by atoms with Gasteiger partial charge in [-0.1, -0.05) is 18.7 Å². The zero-order valence-corrected chi connectivity index (χ0v) is 24.9. The molecule has 1 aromatic heterocycles. The topological polar surface area (TPSA) is 0 Å². The molecule has 3 aromatic rings. The van der Waals surface area contributed by atoms with Crippen LogP contribution in [0.3, 0.4) is 0 Å². The zero-order valence-electron chi connectivity index (χ0n) is 19.1. The van der Waals surface area contributed by atoms with Gasteiger partial charge in [-0.2, -0.15) is 0 Å². The van der Waals surface area contributed by atoms with Gasteiger partial charge in [0.25, 0.3) is 0 Å².